The Labute approximate surface area is 193 Å². The van der Waals surface area contributed by atoms with Crippen molar-refractivity contribution in [2.24, 2.45) is 5.10 Å². The standard InChI is InChI=1S/C27H25N3O3/c1-19(17-21-11-5-3-6-12-21)18-24(28-26(32)22-13-7-4-8-14-22)27(33)30-29-20(2)23-15-9-10-16-25(23)31/h3-18,31H,1-2H3,(H,28,32)(H,30,33)/b19-17?,24-18?,29-20+. The zero-order valence-corrected chi connectivity index (χ0v) is 18.4. The van der Waals surface area contributed by atoms with E-state index in [-0.39, 0.29) is 11.4 Å². The first kappa shape index (κ1) is 23.2. The number of hydrogen-bond donors (Lipinski definition) is 3. The molecule has 33 heavy (non-hydrogen) atoms. The molecule has 6 nitrogen and oxygen atoms in total. The fourth-order valence-corrected chi connectivity index (χ4v) is 3.06. The van der Waals surface area contributed by atoms with Crippen LogP contribution < -0.4 is 10.7 Å². The molecule has 0 atom stereocenters. The maximum Gasteiger partial charge on any atom is 0.287 e. The Morgan fingerprint density at radius 2 is 1.45 bits per heavy atom. The molecule has 0 aliphatic heterocycles. The summed E-state index contributed by atoms with van der Waals surface area (Å²) in [6.45, 7) is 3.51. The average molecular weight is 440 g/mol. The second-order valence-electron chi connectivity index (χ2n) is 7.33. The van der Waals surface area contributed by atoms with E-state index < -0.39 is 11.8 Å². The molecular weight excluding hydrogens is 414 g/mol. The number of nitrogens with one attached hydrogen (secondary N) is 2. The number of phenolic OH excluding ortho intramolecular Hbond substituents is 1. The van der Waals surface area contributed by atoms with Crippen molar-refractivity contribution in [2.45, 2.75) is 13.8 Å². The number of phenols is 1. The van der Waals surface area contributed by atoms with Gasteiger partial charge in [-0.3, -0.25) is 9.59 Å². The van der Waals surface area contributed by atoms with Gasteiger partial charge in [0.15, 0.2) is 0 Å². The van der Waals surface area contributed by atoms with Crippen LogP contribution >= 0.6 is 0 Å². The molecule has 2 amide bonds. The molecule has 0 saturated heterocycles. The third-order valence-electron chi connectivity index (χ3n) is 4.71. The topological polar surface area (TPSA) is 90.8 Å². The first-order chi connectivity index (χ1) is 15.9. The monoisotopic (exact) mass is 439 g/mol. The van der Waals surface area contributed by atoms with Crippen LogP contribution in [0.2, 0.25) is 0 Å². The molecule has 0 aliphatic rings. The van der Waals surface area contributed by atoms with Gasteiger partial charge in [-0.1, -0.05) is 66.7 Å². The Morgan fingerprint density at radius 1 is 0.848 bits per heavy atom. The van der Waals surface area contributed by atoms with Gasteiger partial charge in [0.05, 0.1) is 5.71 Å². The number of aromatic hydroxyl groups is 1. The van der Waals surface area contributed by atoms with Crippen LogP contribution in [0.4, 0.5) is 0 Å². The van der Waals surface area contributed by atoms with Gasteiger partial charge in [-0.15, -0.1) is 0 Å². The molecule has 0 bridgehead atoms. The van der Waals surface area contributed by atoms with Crippen LogP contribution in [0, 0.1) is 0 Å². The van der Waals surface area contributed by atoms with Crippen molar-refractivity contribution >= 4 is 23.6 Å². The highest BCUT2D eigenvalue weighted by Crippen LogP contribution is 2.16. The first-order valence-electron chi connectivity index (χ1n) is 10.4. The Balaban J connectivity index is 1.86. The molecule has 0 saturated carbocycles. The van der Waals surface area contributed by atoms with E-state index >= 15 is 0 Å². The molecule has 3 N–H and O–H groups in total. The maximum absolute atomic E-state index is 12.9. The van der Waals surface area contributed by atoms with Gasteiger partial charge in [0.1, 0.15) is 11.4 Å². The summed E-state index contributed by atoms with van der Waals surface area (Å²) < 4.78 is 0. The molecule has 0 spiro atoms. The Hall–Kier alpha value is -4.45. The number of para-hydroxylation sites is 1. The van der Waals surface area contributed by atoms with Crippen molar-refractivity contribution in [2.75, 3.05) is 0 Å². The summed E-state index contributed by atoms with van der Waals surface area (Å²) in [6.07, 6.45) is 3.49. The van der Waals surface area contributed by atoms with Gasteiger partial charge in [0.2, 0.25) is 0 Å². The third kappa shape index (κ3) is 6.77. The average Bonchev–Trinajstić information content (AvgIpc) is 2.83. The van der Waals surface area contributed by atoms with Crippen molar-refractivity contribution in [3.05, 3.63) is 119 Å². The maximum atomic E-state index is 12.9. The number of hydrogen-bond acceptors (Lipinski definition) is 4. The normalized spacial score (nSPS) is 12.2. The SMILES string of the molecule is CC(=Cc1ccccc1)C=C(NC(=O)c1ccccc1)C(=O)N/N=C(\C)c1ccccc1O. The molecule has 3 aromatic carbocycles. The van der Waals surface area contributed by atoms with Gasteiger partial charge in [-0.2, -0.15) is 5.10 Å². The van der Waals surface area contributed by atoms with Crippen LogP contribution in [-0.4, -0.2) is 22.6 Å². The van der Waals surface area contributed by atoms with Crippen LogP contribution in [0.5, 0.6) is 5.75 Å². The summed E-state index contributed by atoms with van der Waals surface area (Å²) in [5.41, 5.74) is 5.58. The molecule has 0 aromatic heterocycles. The summed E-state index contributed by atoms with van der Waals surface area (Å²) in [4.78, 5) is 25.6. The van der Waals surface area contributed by atoms with Gasteiger partial charge < -0.3 is 10.4 Å². The number of benzene rings is 3. The van der Waals surface area contributed by atoms with E-state index in [9.17, 15) is 14.7 Å². The summed E-state index contributed by atoms with van der Waals surface area (Å²) in [5.74, 6) is -0.941. The summed E-state index contributed by atoms with van der Waals surface area (Å²) in [7, 11) is 0. The van der Waals surface area contributed by atoms with E-state index in [1.54, 1.807) is 61.5 Å². The molecule has 0 heterocycles. The molecule has 166 valence electrons. The van der Waals surface area contributed by atoms with E-state index in [0.29, 0.717) is 16.8 Å². The van der Waals surface area contributed by atoms with Crippen LogP contribution in [-0.2, 0) is 4.79 Å². The smallest absolute Gasteiger partial charge is 0.287 e. The highest BCUT2D eigenvalue weighted by atomic mass is 16.3. The zero-order valence-electron chi connectivity index (χ0n) is 18.4. The minimum atomic E-state index is -0.588. The molecule has 6 heteroatoms. The first-order valence-corrected chi connectivity index (χ1v) is 10.4. The Bertz CT molecular complexity index is 1210. The molecule has 3 rings (SSSR count). The van der Waals surface area contributed by atoms with Crippen molar-refractivity contribution < 1.29 is 14.7 Å². The summed E-state index contributed by atoms with van der Waals surface area (Å²) in [6, 6.07) is 25.0. The molecule has 0 unspecified atom stereocenters. The number of rotatable bonds is 7. The van der Waals surface area contributed by atoms with Gasteiger partial charge in [-0.05, 0) is 55.3 Å². The minimum Gasteiger partial charge on any atom is -0.507 e. The highest BCUT2D eigenvalue weighted by molar-refractivity contribution is 6.05. The predicted octanol–water partition coefficient (Wildman–Crippen LogP) is 4.65. The van der Waals surface area contributed by atoms with Gasteiger partial charge in [-0.25, -0.2) is 5.43 Å². The minimum absolute atomic E-state index is 0.0439. The fourth-order valence-electron chi connectivity index (χ4n) is 3.06. The number of carbonyl (C=O) groups is 2. The van der Waals surface area contributed by atoms with Crippen LogP contribution in [0.3, 0.4) is 0 Å². The zero-order chi connectivity index (χ0) is 23.6. The van der Waals surface area contributed by atoms with E-state index in [1.165, 1.54) is 0 Å². The van der Waals surface area contributed by atoms with Crippen molar-refractivity contribution in [1.29, 1.82) is 0 Å². The number of amides is 2. The second kappa shape index (κ2) is 11.2. The largest absolute Gasteiger partial charge is 0.507 e. The summed E-state index contributed by atoms with van der Waals surface area (Å²) in [5, 5.41) is 16.8. The van der Waals surface area contributed by atoms with Crippen molar-refractivity contribution in [1.82, 2.24) is 10.7 Å². The quantitative estimate of drug-likeness (QED) is 0.217. The van der Waals surface area contributed by atoms with E-state index in [1.807, 2.05) is 49.4 Å². The van der Waals surface area contributed by atoms with E-state index in [4.69, 9.17) is 0 Å². The molecule has 3 aromatic rings. The van der Waals surface area contributed by atoms with Crippen molar-refractivity contribution in [3.8, 4) is 5.75 Å². The lowest BCUT2D eigenvalue weighted by Gasteiger charge is -2.10. The second-order valence-corrected chi connectivity index (χ2v) is 7.33. The Morgan fingerprint density at radius 3 is 2.12 bits per heavy atom. The van der Waals surface area contributed by atoms with Crippen LogP contribution in [0.15, 0.2) is 107 Å². The molecule has 0 radical (unpaired) electrons. The third-order valence-corrected chi connectivity index (χ3v) is 4.71. The lowest BCUT2D eigenvalue weighted by Crippen LogP contribution is -2.33. The Kier molecular flexibility index (Phi) is 7.91. The highest BCUT2D eigenvalue weighted by Gasteiger charge is 2.15. The van der Waals surface area contributed by atoms with Gasteiger partial charge in [0, 0.05) is 11.1 Å². The van der Waals surface area contributed by atoms with Gasteiger partial charge in [0.25, 0.3) is 11.8 Å². The van der Waals surface area contributed by atoms with Crippen LogP contribution in [0.25, 0.3) is 6.08 Å². The number of hydrazone groups is 1. The van der Waals surface area contributed by atoms with E-state index in [2.05, 4.69) is 15.8 Å². The summed E-state index contributed by atoms with van der Waals surface area (Å²) >= 11 is 0. The predicted molar refractivity (Wildman–Crippen MR) is 131 cm³/mol. The van der Waals surface area contributed by atoms with Crippen molar-refractivity contribution in [3.63, 3.8) is 0 Å². The molecule has 0 aliphatic carbocycles. The molecular formula is C27H25N3O3. The number of allylic oxidation sites excluding steroid dienone is 2. The molecule has 0 fully saturated rings. The number of carbonyl (C=O) groups excluding carboxylic acids is 2. The number of nitrogens with zero attached hydrogens (tertiary/aromatic N) is 1. The van der Waals surface area contributed by atoms with Gasteiger partial charge >= 0.3 is 0 Å². The fraction of sp³-hybridized carbons (Fsp3) is 0.0741. The lowest BCUT2D eigenvalue weighted by molar-refractivity contribution is -0.117. The van der Waals surface area contributed by atoms with E-state index in [0.717, 1.165) is 11.1 Å². The lowest BCUT2D eigenvalue weighted by atomic mass is 10.1. The van der Waals surface area contributed by atoms with Crippen LogP contribution in [0.1, 0.15) is 35.3 Å².